The molecule has 2 aromatic carbocycles. The van der Waals surface area contributed by atoms with Crippen molar-refractivity contribution in [2.24, 2.45) is 0 Å². The molecule has 0 aliphatic heterocycles. The third-order valence-electron chi connectivity index (χ3n) is 2.30. The van der Waals surface area contributed by atoms with E-state index in [0.29, 0.717) is 11.1 Å². The van der Waals surface area contributed by atoms with Crippen molar-refractivity contribution >= 4 is 0 Å². The second kappa shape index (κ2) is 4.03. The van der Waals surface area contributed by atoms with E-state index >= 15 is 0 Å². The van der Waals surface area contributed by atoms with Crippen LogP contribution < -0.4 is 0 Å². The summed E-state index contributed by atoms with van der Waals surface area (Å²) >= 11 is 0. The molecule has 0 saturated heterocycles. The summed E-state index contributed by atoms with van der Waals surface area (Å²) in [6.45, 7) is 0. The van der Waals surface area contributed by atoms with Gasteiger partial charge in [-0.25, -0.2) is 4.39 Å². The summed E-state index contributed by atoms with van der Waals surface area (Å²) in [6, 6.07) is 13.0. The lowest BCUT2D eigenvalue weighted by Crippen LogP contribution is -1.82. The van der Waals surface area contributed by atoms with Crippen LogP contribution in [-0.2, 0) is 0 Å². The number of phenols is 1. The third-order valence-corrected chi connectivity index (χ3v) is 2.30. The Morgan fingerprint density at radius 3 is 2.19 bits per heavy atom. The molecule has 0 fully saturated rings. The lowest BCUT2D eigenvalue weighted by atomic mass is 10.0. The molecule has 3 heteroatoms. The molecule has 2 rings (SSSR count). The number of benzene rings is 2. The lowest BCUT2D eigenvalue weighted by Gasteiger charge is -2.02. The molecule has 0 heterocycles. The molecule has 0 radical (unpaired) electrons. The van der Waals surface area contributed by atoms with E-state index in [4.69, 9.17) is 10.4 Å². The summed E-state index contributed by atoms with van der Waals surface area (Å²) in [4.78, 5) is 0. The highest BCUT2D eigenvalue weighted by Gasteiger charge is 2.03. The maximum Gasteiger partial charge on any atom is 0.165 e. The molecule has 0 atom stereocenters. The van der Waals surface area contributed by atoms with Crippen molar-refractivity contribution in [3.05, 3.63) is 53.8 Å². The van der Waals surface area contributed by atoms with Gasteiger partial charge in [-0.05, 0) is 35.4 Å². The average Bonchev–Trinajstić information content (AvgIpc) is 2.33. The van der Waals surface area contributed by atoms with Gasteiger partial charge in [0.15, 0.2) is 11.6 Å². The fraction of sp³-hybridized carbons (Fsp3) is 0. The number of hydrogen-bond acceptors (Lipinski definition) is 2. The van der Waals surface area contributed by atoms with Crippen LogP contribution in [0, 0.1) is 17.1 Å². The van der Waals surface area contributed by atoms with E-state index in [1.807, 2.05) is 6.07 Å². The standard InChI is InChI=1S/C13H8FNO/c14-12-7-11(5-6-13(12)16)10-3-1-9(8-15)2-4-10/h1-7,16H. The van der Waals surface area contributed by atoms with Gasteiger partial charge in [-0.2, -0.15) is 5.26 Å². The number of phenolic OH excluding ortho intramolecular Hbond substituents is 1. The van der Waals surface area contributed by atoms with E-state index in [-0.39, 0.29) is 5.75 Å². The van der Waals surface area contributed by atoms with E-state index < -0.39 is 5.82 Å². The van der Waals surface area contributed by atoms with E-state index in [9.17, 15) is 4.39 Å². The van der Waals surface area contributed by atoms with Gasteiger partial charge in [0.25, 0.3) is 0 Å². The Balaban J connectivity index is 2.43. The molecule has 16 heavy (non-hydrogen) atoms. The van der Waals surface area contributed by atoms with Gasteiger partial charge < -0.3 is 5.11 Å². The first kappa shape index (κ1) is 10.2. The highest BCUT2D eigenvalue weighted by molar-refractivity contribution is 5.65. The average molecular weight is 213 g/mol. The van der Waals surface area contributed by atoms with Crippen LogP contribution in [0.5, 0.6) is 5.75 Å². The smallest absolute Gasteiger partial charge is 0.165 e. The van der Waals surface area contributed by atoms with Gasteiger partial charge in [-0.15, -0.1) is 0 Å². The van der Waals surface area contributed by atoms with Crippen molar-refractivity contribution in [3.8, 4) is 22.9 Å². The molecule has 2 nitrogen and oxygen atoms in total. The lowest BCUT2D eigenvalue weighted by molar-refractivity contribution is 0.432. The fourth-order valence-corrected chi connectivity index (χ4v) is 1.42. The van der Waals surface area contributed by atoms with Gasteiger partial charge >= 0.3 is 0 Å². The summed E-state index contributed by atoms with van der Waals surface area (Å²) in [5.41, 5.74) is 2.03. The van der Waals surface area contributed by atoms with Crippen LogP contribution in [0.1, 0.15) is 5.56 Å². The molecule has 0 aliphatic carbocycles. The molecule has 0 bridgehead atoms. The quantitative estimate of drug-likeness (QED) is 0.791. The van der Waals surface area contributed by atoms with Crippen LogP contribution in [0.15, 0.2) is 42.5 Å². The molecule has 0 aliphatic rings. The normalized spacial score (nSPS) is 9.75. The molecule has 0 spiro atoms. The molecule has 0 aromatic heterocycles. The highest BCUT2D eigenvalue weighted by Crippen LogP contribution is 2.24. The van der Waals surface area contributed by atoms with Gasteiger partial charge in [0.05, 0.1) is 11.6 Å². The SMILES string of the molecule is N#Cc1ccc(-c2ccc(O)c(F)c2)cc1. The highest BCUT2D eigenvalue weighted by atomic mass is 19.1. The number of rotatable bonds is 1. The van der Waals surface area contributed by atoms with Crippen molar-refractivity contribution in [1.82, 2.24) is 0 Å². The second-order valence-corrected chi connectivity index (χ2v) is 3.36. The fourth-order valence-electron chi connectivity index (χ4n) is 1.42. The van der Waals surface area contributed by atoms with Crippen LogP contribution in [-0.4, -0.2) is 5.11 Å². The largest absolute Gasteiger partial charge is 0.505 e. The van der Waals surface area contributed by atoms with Gasteiger partial charge in [-0.3, -0.25) is 0 Å². The van der Waals surface area contributed by atoms with Crippen LogP contribution in [0.4, 0.5) is 4.39 Å². The molecule has 1 N–H and O–H groups in total. The Labute approximate surface area is 92.2 Å². The Morgan fingerprint density at radius 1 is 1.00 bits per heavy atom. The predicted molar refractivity (Wildman–Crippen MR) is 58.2 cm³/mol. The van der Waals surface area contributed by atoms with Gasteiger partial charge in [0.2, 0.25) is 0 Å². The minimum atomic E-state index is -0.651. The Kier molecular flexibility index (Phi) is 2.57. The number of nitriles is 1. The third kappa shape index (κ3) is 1.86. The molecular formula is C13H8FNO. The molecule has 78 valence electrons. The topological polar surface area (TPSA) is 44.0 Å². The van der Waals surface area contributed by atoms with Crippen LogP contribution >= 0.6 is 0 Å². The number of nitrogens with zero attached hydrogens (tertiary/aromatic N) is 1. The summed E-state index contributed by atoms with van der Waals surface area (Å²) in [7, 11) is 0. The first-order valence-corrected chi connectivity index (χ1v) is 4.70. The minimum absolute atomic E-state index is 0.364. The molecule has 2 aromatic rings. The zero-order valence-corrected chi connectivity index (χ0v) is 8.31. The number of hydrogen-bond donors (Lipinski definition) is 1. The van der Waals surface area contributed by atoms with Crippen molar-refractivity contribution in [3.63, 3.8) is 0 Å². The van der Waals surface area contributed by atoms with Crippen molar-refractivity contribution in [2.45, 2.75) is 0 Å². The minimum Gasteiger partial charge on any atom is -0.505 e. The summed E-state index contributed by atoms with van der Waals surface area (Å²) < 4.78 is 13.1. The van der Waals surface area contributed by atoms with Crippen LogP contribution in [0.25, 0.3) is 11.1 Å². The van der Waals surface area contributed by atoms with Crippen molar-refractivity contribution in [2.75, 3.05) is 0 Å². The van der Waals surface area contributed by atoms with Gasteiger partial charge in [0.1, 0.15) is 0 Å². The second-order valence-electron chi connectivity index (χ2n) is 3.36. The van der Waals surface area contributed by atoms with Crippen LogP contribution in [0.3, 0.4) is 0 Å². The summed E-state index contributed by atoms with van der Waals surface area (Å²) in [6.07, 6.45) is 0. The van der Waals surface area contributed by atoms with Crippen molar-refractivity contribution in [1.29, 1.82) is 5.26 Å². The Morgan fingerprint density at radius 2 is 1.62 bits per heavy atom. The van der Waals surface area contributed by atoms with Crippen LogP contribution in [0.2, 0.25) is 0 Å². The Bertz CT molecular complexity index is 555. The molecule has 0 amide bonds. The van der Waals surface area contributed by atoms with E-state index in [2.05, 4.69) is 0 Å². The van der Waals surface area contributed by atoms with E-state index in [0.717, 1.165) is 5.56 Å². The predicted octanol–water partition coefficient (Wildman–Crippen LogP) is 3.07. The van der Waals surface area contributed by atoms with Gasteiger partial charge in [-0.1, -0.05) is 18.2 Å². The van der Waals surface area contributed by atoms with E-state index in [1.165, 1.54) is 12.1 Å². The monoisotopic (exact) mass is 213 g/mol. The summed E-state index contributed by atoms with van der Waals surface area (Å²) in [5.74, 6) is -1.01. The maximum atomic E-state index is 13.1. The zero-order valence-electron chi connectivity index (χ0n) is 8.31. The number of halogens is 1. The Hall–Kier alpha value is -2.34. The molecular weight excluding hydrogens is 205 g/mol. The van der Waals surface area contributed by atoms with Crippen molar-refractivity contribution < 1.29 is 9.50 Å². The first-order valence-electron chi connectivity index (χ1n) is 4.70. The molecule has 0 unspecified atom stereocenters. The first-order chi connectivity index (χ1) is 7.70. The maximum absolute atomic E-state index is 13.1. The summed E-state index contributed by atoms with van der Waals surface area (Å²) in [5, 5.41) is 17.7. The van der Waals surface area contributed by atoms with E-state index in [1.54, 1.807) is 30.3 Å². The zero-order chi connectivity index (χ0) is 11.5. The van der Waals surface area contributed by atoms with Gasteiger partial charge in [0, 0.05) is 0 Å². The number of aromatic hydroxyl groups is 1. The molecule has 0 saturated carbocycles.